The van der Waals surface area contributed by atoms with Crippen LogP contribution >= 0.6 is 11.3 Å². The van der Waals surface area contributed by atoms with Gasteiger partial charge < -0.3 is 20.3 Å². The number of aromatic nitrogens is 2. The van der Waals surface area contributed by atoms with Crippen LogP contribution in [0.5, 0.6) is 5.75 Å². The van der Waals surface area contributed by atoms with Crippen molar-refractivity contribution in [1.29, 1.82) is 0 Å². The first-order chi connectivity index (χ1) is 17.6. The van der Waals surface area contributed by atoms with Gasteiger partial charge in [0.1, 0.15) is 11.3 Å². The minimum absolute atomic E-state index is 0.125. The summed E-state index contributed by atoms with van der Waals surface area (Å²) in [6.45, 7) is 2.35. The van der Waals surface area contributed by atoms with Gasteiger partial charge in [0.2, 0.25) is 5.91 Å². The monoisotopic (exact) mass is 510 g/mol. The molecular weight excluding hydrogens is 472 g/mol. The lowest BCUT2D eigenvalue weighted by atomic mass is 9.93. The van der Waals surface area contributed by atoms with Crippen molar-refractivity contribution < 1.29 is 9.90 Å². The van der Waals surface area contributed by atoms with E-state index in [1.165, 1.54) is 19.3 Å². The normalized spacial score (nSPS) is 14.3. The summed E-state index contributed by atoms with van der Waals surface area (Å²) in [4.78, 5) is 34.0. The maximum Gasteiger partial charge on any atom is 0.305 e. The van der Waals surface area contributed by atoms with Crippen LogP contribution in [0.25, 0.3) is 10.2 Å². The molecule has 1 aliphatic rings. The standard InChI is InChI=1S/C28H38N4O3S/c33-24-14-13-21(27-26(24)31-28(35)36-27)9-3-2-8-20-32(23-11-4-1-5-12-23)25(34)16-19-29-18-15-22-10-6-7-17-30-22/h6-7,10,13-14,17,23,29,33H,1-5,8-9,11-12,15-16,18-20H2,(H,31,35). The number of rotatable bonds is 13. The first-order valence-electron chi connectivity index (χ1n) is 13.4. The summed E-state index contributed by atoms with van der Waals surface area (Å²) < 4.78 is 0.856. The molecule has 36 heavy (non-hydrogen) atoms. The molecule has 2 heterocycles. The van der Waals surface area contributed by atoms with Gasteiger partial charge in [0.05, 0.1) is 4.70 Å². The van der Waals surface area contributed by atoms with Gasteiger partial charge in [-0.25, -0.2) is 0 Å². The van der Waals surface area contributed by atoms with Gasteiger partial charge in [0.15, 0.2) is 0 Å². The number of pyridine rings is 1. The fourth-order valence-corrected chi connectivity index (χ4v) is 6.07. The molecule has 4 rings (SSSR count). The highest BCUT2D eigenvalue weighted by Crippen LogP contribution is 2.29. The van der Waals surface area contributed by atoms with Gasteiger partial charge in [-0.15, -0.1) is 0 Å². The molecule has 0 unspecified atom stereocenters. The molecule has 0 atom stereocenters. The molecule has 1 aromatic carbocycles. The number of nitrogens with zero attached hydrogens (tertiary/aromatic N) is 2. The number of thiazole rings is 1. The maximum absolute atomic E-state index is 13.2. The molecule has 1 saturated carbocycles. The van der Waals surface area contributed by atoms with Crippen molar-refractivity contribution in [3.63, 3.8) is 0 Å². The van der Waals surface area contributed by atoms with Gasteiger partial charge in [0, 0.05) is 50.4 Å². The van der Waals surface area contributed by atoms with Gasteiger partial charge >= 0.3 is 4.87 Å². The molecule has 0 radical (unpaired) electrons. The summed E-state index contributed by atoms with van der Waals surface area (Å²) in [6, 6.07) is 9.92. The molecule has 0 saturated heterocycles. The van der Waals surface area contributed by atoms with Crippen LogP contribution in [0, 0.1) is 0 Å². The van der Waals surface area contributed by atoms with E-state index in [0.29, 0.717) is 24.5 Å². The minimum Gasteiger partial charge on any atom is -0.506 e. The molecule has 3 N–H and O–H groups in total. The lowest BCUT2D eigenvalue weighted by Gasteiger charge is -2.34. The van der Waals surface area contributed by atoms with E-state index < -0.39 is 0 Å². The molecule has 0 spiro atoms. The van der Waals surface area contributed by atoms with Crippen LogP contribution in [0.15, 0.2) is 41.3 Å². The number of aryl methyl sites for hydroxylation is 1. The minimum atomic E-state index is -0.138. The first-order valence-corrected chi connectivity index (χ1v) is 14.2. The number of carbonyl (C=O) groups excluding carboxylic acids is 1. The molecule has 2 aromatic heterocycles. The van der Waals surface area contributed by atoms with E-state index in [9.17, 15) is 14.7 Å². The van der Waals surface area contributed by atoms with E-state index in [1.807, 2.05) is 30.5 Å². The molecule has 1 amide bonds. The lowest BCUT2D eigenvalue weighted by Crippen LogP contribution is -2.43. The Morgan fingerprint density at radius 2 is 1.94 bits per heavy atom. The third-order valence-electron chi connectivity index (χ3n) is 7.12. The zero-order chi connectivity index (χ0) is 25.2. The Morgan fingerprint density at radius 1 is 1.08 bits per heavy atom. The largest absolute Gasteiger partial charge is 0.506 e. The fourth-order valence-electron chi connectivity index (χ4n) is 5.17. The van der Waals surface area contributed by atoms with Crippen LogP contribution in [0.2, 0.25) is 0 Å². The molecule has 0 bridgehead atoms. The number of benzene rings is 1. The third-order valence-corrected chi connectivity index (χ3v) is 8.08. The zero-order valence-corrected chi connectivity index (χ0v) is 21.8. The molecule has 1 aliphatic carbocycles. The number of phenolic OH excluding ortho intramolecular Hbond substituents is 1. The fraction of sp³-hybridized carbons (Fsp3) is 0.536. The van der Waals surface area contributed by atoms with Crippen LogP contribution in [0.3, 0.4) is 0 Å². The van der Waals surface area contributed by atoms with Crippen molar-refractivity contribution in [3.8, 4) is 5.75 Å². The number of nitrogens with one attached hydrogen (secondary N) is 2. The Balaban J connectivity index is 1.22. The summed E-state index contributed by atoms with van der Waals surface area (Å²) >= 11 is 1.16. The van der Waals surface area contributed by atoms with Gasteiger partial charge in [-0.1, -0.05) is 49.2 Å². The highest BCUT2D eigenvalue weighted by Gasteiger charge is 2.24. The van der Waals surface area contributed by atoms with E-state index in [1.54, 1.807) is 6.07 Å². The van der Waals surface area contributed by atoms with Crippen LogP contribution in [-0.2, 0) is 17.6 Å². The van der Waals surface area contributed by atoms with Crippen LogP contribution in [-0.4, -0.2) is 51.6 Å². The number of hydrogen-bond donors (Lipinski definition) is 3. The number of H-pyrrole nitrogens is 1. The summed E-state index contributed by atoms with van der Waals surface area (Å²) in [5, 5.41) is 13.4. The predicted octanol–water partition coefficient (Wildman–Crippen LogP) is 4.79. The van der Waals surface area contributed by atoms with Crippen molar-refractivity contribution >= 4 is 27.5 Å². The Hall–Kier alpha value is -2.71. The lowest BCUT2D eigenvalue weighted by molar-refractivity contribution is -0.134. The number of aromatic amines is 1. The number of unbranched alkanes of at least 4 members (excludes halogenated alkanes) is 2. The second-order valence-corrected chi connectivity index (χ2v) is 10.7. The van der Waals surface area contributed by atoms with Gasteiger partial charge in [-0.3, -0.25) is 14.6 Å². The molecular formula is C28H38N4O3S. The van der Waals surface area contributed by atoms with E-state index in [2.05, 4.69) is 20.2 Å². The van der Waals surface area contributed by atoms with Crippen LogP contribution in [0.1, 0.15) is 69.0 Å². The van der Waals surface area contributed by atoms with Crippen molar-refractivity contribution in [2.45, 2.75) is 76.7 Å². The number of carbonyl (C=O) groups is 1. The second kappa shape index (κ2) is 13.6. The van der Waals surface area contributed by atoms with Gasteiger partial charge in [-0.05, 0) is 55.9 Å². The number of amides is 1. The van der Waals surface area contributed by atoms with E-state index in [4.69, 9.17) is 0 Å². The van der Waals surface area contributed by atoms with Crippen molar-refractivity contribution in [3.05, 3.63) is 57.5 Å². The Kier molecular flexibility index (Phi) is 9.93. The average molecular weight is 511 g/mol. The number of hydrogen-bond acceptors (Lipinski definition) is 6. The predicted molar refractivity (Wildman–Crippen MR) is 146 cm³/mol. The third kappa shape index (κ3) is 7.40. The molecule has 8 heteroatoms. The van der Waals surface area contributed by atoms with Crippen LogP contribution < -0.4 is 10.2 Å². The van der Waals surface area contributed by atoms with Crippen molar-refractivity contribution in [2.24, 2.45) is 0 Å². The van der Waals surface area contributed by atoms with E-state index in [-0.39, 0.29) is 16.5 Å². The van der Waals surface area contributed by atoms with Crippen molar-refractivity contribution in [1.82, 2.24) is 20.2 Å². The molecule has 7 nitrogen and oxygen atoms in total. The Labute approximate surface area is 217 Å². The molecule has 3 aromatic rings. The average Bonchev–Trinajstić information content (AvgIpc) is 3.30. The van der Waals surface area contributed by atoms with Gasteiger partial charge in [-0.2, -0.15) is 0 Å². The van der Waals surface area contributed by atoms with E-state index >= 15 is 0 Å². The SMILES string of the molecule is O=C(CCNCCc1ccccn1)N(CCCCCc1ccc(O)c2[nH]c(=O)sc12)C1CCCCC1. The first kappa shape index (κ1) is 26.4. The summed E-state index contributed by atoms with van der Waals surface area (Å²) in [6.07, 6.45) is 13.0. The molecule has 0 aliphatic heterocycles. The highest BCUT2D eigenvalue weighted by molar-refractivity contribution is 7.16. The topological polar surface area (TPSA) is 98.3 Å². The molecule has 1 fully saturated rings. The second-order valence-electron chi connectivity index (χ2n) is 9.72. The number of aromatic hydroxyl groups is 1. The van der Waals surface area contributed by atoms with Crippen LogP contribution in [0.4, 0.5) is 0 Å². The highest BCUT2D eigenvalue weighted by atomic mass is 32.1. The smallest absolute Gasteiger partial charge is 0.305 e. The quantitative estimate of drug-likeness (QED) is 0.287. The maximum atomic E-state index is 13.2. The molecule has 194 valence electrons. The summed E-state index contributed by atoms with van der Waals surface area (Å²) in [5.74, 6) is 0.393. The Bertz CT molecular complexity index is 1150. The Morgan fingerprint density at radius 3 is 2.75 bits per heavy atom. The number of phenols is 1. The van der Waals surface area contributed by atoms with E-state index in [0.717, 1.165) is 85.3 Å². The van der Waals surface area contributed by atoms with Crippen molar-refractivity contribution in [2.75, 3.05) is 19.6 Å². The zero-order valence-electron chi connectivity index (χ0n) is 21.0. The summed E-state index contributed by atoms with van der Waals surface area (Å²) in [7, 11) is 0. The van der Waals surface area contributed by atoms with Gasteiger partial charge in [0.25, 0.3) is 0 Å². The summed E-state index contributed by atoms with van der Waals surface area (Å²) in [5.41, 5.74) is 2.72. The number of fused-ring (bicyclic) bond motifs is 1.